The molecule has 2 aliphatic rings. The number of carbonyl (C=O) groups is 1. The Labute approximate surface area is 157 Å². The second-order valence-corrected chi connectivity index (χ2v) is 8.12. The zero-order valence-electron chi connectivity index (χ0n) is 14.7. The van der Waals surface area contributed by atoms with Gasteiger partial charge in [-0.05, 0) is 31.0 Å². The number of ether oxygens (including phenoxy) is 1. The van der Waals surface area contributed by atoms with Gasteiger partial charge in [-0.1, -0.05) is 18.2 Å². The van der Waals surface area contributed by atoms with Crippen molar-refractivity contribution >= 4 is 17.2 Å². The molecule has 0 N–H and O–H groups in total. The largest absolute Gasteiger partial charge is 0.373 e. The summed E-state index contributed by atoms with van der Waals surface area (Å²) in [7, 11) is 0. The van der Waals surface area contributed by atoms with Gasteiger partial charge in [0.2, 0.25) is 5.91 Å². The van der Waals surface area contributed by atoms with E-state index in [1.54, 1.807) is 28.4 Å². The summed E-state index contributed by atoms with van der Waals surface area (Å²) in [5, 5.41) is 0. The number of hydrogen-bond acceptors (Lipinski definition) is 4. The van der Waals surface area contributed by atoms with E-state index in [0.717, 1.165) is 32.5 Å². The molecule has 26 heavy (non-hydrogen) atoms. The van der Waals surface area contributed by atoms with Gasteiger partial charge in [0.15, 0.2) is 0 Å². The Morgan fingerprint density at radius 2 is 2.04 bits per heavy atom. The minimum absolute atomic E-state index is 0.0652. The van der Waals surface area contributed by atoms with Crippen LogP contribution in [0.1, 0.15) is 34.3 Å². The molecule has 0 saturated carbocycles. The Hall–Kier alpha value is -1.76. The summed E-state index contributed by atoms with van der Waals surface area (Å²) in [4.78, 5) is 19.0. The summed E-state index contributed by atoms with van der Waals surface area (Å²) in [6, 6.07) is 11.0. The molecule has 2 fully saturated rings. The van der Waals surface area contributed by atoms with Gasteiger partial charge >= 0.3 is 0 Å². The molecule has 2 saturated heterocycles. The number of nitrogens with zero attached hydrogens (tertiary/aromatic N) is 2. The first-order valence-electron chi connectivity index (χ1n) is 9.13. The maximum Gasteiger partial charge on any atom is 0.237 e. The molecule has 1 aromatic carbocycles. The predicted octanol–water partition coefficient (Wildman–Crippen LogP) is 3.58. The molecule has 0 spiro atoms. The second-order valence-electron chi connectivity index (χ2n) is 6.92. The Morgan fingerprint density at radius 3 is 2.81 bits per heavy atom. The Kier molecular flexibility index (Phi) is 5.33. The number of hydrogen-bond donors (Lipinski definition) is 0. The van der Waals surface area contributed by atoms with E-state index in [1.807, 2.05) is 6.07 Å². The summed E-state index contributed by atoms with van der Waals surface area (Å²) in [6.07, 6.45) is 2.50. The fraction of sp³-hybridized carbons (Fsp3) is 0.450. The quantitative estimate of drug-likeness (QED) is 0.802. The van der Waals surface area contributed by atoms with Crippen LogP contribution in [0.4, 0.5) is 4.39 Å². The highest BCUT2D eigenvalue weighted by Crippen LogP contribution is 2.33. The fourth-order valence-corrected chi connectivity index (χ4v) is 4.71. The molecule has 2 aromatic rings. The molecular weight excluding hydrogens is 351 g/mol. The molecule has 138 valence electrons. The third-order valence-electron chi connectivity index (χ3n) is 5.03. The number of benzene rings is 1. The van der Waals surface area contributed by atoms with E-state index in [2.05, 4.69) is 17.0 Å². The summed E-state index contributed by atoms with van der Waals surface area (Å²) in [6.45, 7) is 3.83. The molecule has 1 aromatic heterocycles. The summed E-state index contributed by atoms with van der Waals surface area (Å²) in [5.74, 6) is -0.182. The van der Waals surface area contributed by atoms with Crippen LogP contribution < -0.4 is 0 Å². The number of carbonyl (C=O) groups excluding carboxylic acids is 1. The van der Waals surface area contributed by atoms with Crippen molar-refractivity contribution in [3.8, 4) is 0 Å². The maximum absolute atomic E-state index is 13.8. The van der Waals surface area contributed by atoms with Crippen molar-refractivity contribution in [2.75, 3.05) is 26.2 Å². The first kappa shape index (κ1) is 17.6. The van der Waals surface area contributed by atoms with Crippen LogP contribution in [0.15, 0.2) is 36.4 Å². The number of halogens is 1. The molecule has 2 aliphatic heterocycles. The number of rotatable bonds is 5. The number of thiophene rings is 1. The molecule has 6 heteroatoms. The van der Waals surface area contributed by atoms with Gasteiger partial charge in [-0.25, -0.2) is 4.39 Å². The van der Waals surface area contributed by atoms with Crippen molar-refractivity contribution in [2.45, 2.75) is 32.0 Å². The van der Waals surface area contributed by atoms with Crippen LogP contribution >= 0.6 is 11.3 Å². The standard InChI is InChI=1S/C20H23FN2O2S/c21-17-5-2-1-4-15(17)12-23-10-9-22(14-20(23)24)13-16-7-8-19(26-16)18-6-3-11-25-18/h1-2,4-5,7-8,18H,3,6,9-14H2. The van der Waals surface area contributed by atoms with Crippen LogP contribution in [-0.4, -0.2) is 41.9 Å². The molecule has 4 rings (SSSR count). The van der Waals surface area contributed by atoms with Gasteiger partial charge in [0.1, 0.15) is 5.82 Å². The molecule has 4 nitrogen and oxygen atoms in total. The SMILES string of the molecule is O=C1CN(Cc2ccc(C3CCCO3)s2)CCN1Cc1ccccc1F. The lowest BCUT2D eigenvalue weighted by Gasteiger charge is -2.34. The molecule has 0 aliphatic carbocycles. The molecule has 1 unspecified atom stereocenters. The number of piperazine rings is 1. The van der Waals surface area contributed by atoms with Gasteiger partial charge < -0.3 is 9.64 Å². The van der Waals surface area contributed by atoms with Gasteiger partial charge in [-0.3, -0.25) is 9.69 Å². The first-order chi connectivity index (χ1) is 12.7. The molecule has 3 heterocycles. The zero-order chi connectivity index (χ0) is 17.9. The van der Waals surface area contributed by atoms with Crippen LogP contribution in [-0.2, 0) is 22.6 Å². The van der Waals surface area contributed by atoms with Crippen LogP contribution in [0.25, 0.3) is 0 Å². The molecule has 0 radical (unpaired) electrons. The minimum Gasteiger partial charge on any atom is -0.373 e. The van der Waals surface area contributed by atoms with E-state index < -0.39 is 0 Å². The first-order valence-corrected chi connectivity index (χ1v) is 9.94. The average Bonchev–Trinajstić information content (AvgIpc) is 3.30. The highest BCUT2D eigenvalue weighted by Gasteiger charge is 2.25. The third kappa shape index (κ3) is 3.98. The van der Waals surface area contributed by atoms with E-state index in [1.165, 1.54) is 15.8 Å². The molecule has 0 bridgehead atoms. The van der Waals surface area contributed by atoms with Gasteiger partial charge in [0, 0.05) is 48.1 Å². The van der Waals surface area contributed by atoms with Crippen LogP contribution in [0, 0.1) is 5.82 Å². The van der Waals surface area contributed by atoms with E-state index >= 15 is 0 Å². The van der Waals surface area contributed by atoms with Crippen LogP contribution in [0.3, 0.4) is 0 Å². The zero-order valence-corrected chi connectivity index (χ0v) is 15.5. The van der Waals surface area contributed by atoms with Crippen molar-refractivity contribution in [3.63, 3.8) is 0 Å². The Balaban J connectivity index is 1.32. The molecular formula is C20H23FN2O2S. The maximum atomic E-state index is 13.8. The molecule has 1 atom stereocenters. The second kappa shape index (κ2) is 7.86. The van der Waals surface area contributed by atoms with E-state index in [4.69, 9.17) is 4.74 Å². The van der Waals surface area contributed by atoms with E-state index in [0.29, 0.717) is 25.2 Å². The van der Waals surface area contributed by atoms with Gasteiger partial charge in [-0.2, -0.15) is 0 Å². The van der Waals surface area contributed by atoms with Crippen molar-refractivity contribution < 1.29 is 13.9 Å². The number of amides is 1. The van der Waals surface area contributed by atoms with E-state index in [9.17, 15) is 9.18 Å². The van der Waals surface area contributed by atoms with E-state index in [-0.39, 0.29) is 17.8 Å². The highest BCUT2D eigenvalue weighted by molar-refractivity contribution is 7.12. The van der Waals surface area contributed by atoms with Crippen molar-refractivity contribution in [2.24, 2.45) is 0 Å². The third-order valence-corrected chi connectivity index (χ3v) is 6.19. The molecule has 1 amide bonds. The van der Waals surface area contributed by atoms with Crippen LogP contribution in [0.5, 0.6) is 0 Å². The average molecular weight is 374 g/mol. The summed E-state index contributed by atoms with van der Waals surface area (Å²) in [5.41, 5.74) is 0.578. The smallest absolute Gasteiger partial charge is 0.237 e. The van der Waals surface area contributed by atoms with Crippen molar-refractivity contribution in [1.29, 1.82) is 0 Å². The minimum atomic E-state index is -0.247. The Morgan fingerprint density at radius 1 is 1.15 bits per heavy atom. The van der Waals surface area contributed by atoms with Gasteiger partial charge in [0.25, 0.3) is 0 Å². The van der Waals surface area contributed by atoms with Gasteiger partial charge in [0.05, 0.1) is 12.6 Å². The monoisotopic (exact) mass is 374 g/mol. The summed E-state index contributed by atoms with van der Waals surface area (Å²) < 4.78 is 19.6. The predicted molar refractivity (Wildman–Crippen MR) is 99.3 cm³/mol. The van der Waals surface area contributed by atoms with Crippen molar-refractivity contribution in [3.05, 3.63) is 57.5 Å². The topological polar surface area (TPSA) is 32.8 Å². The van der Waals surface area contributed by atoms with Gasteiger partial charge in [-0.15, -0.1) is 11.3 Å². The van der Waals surface area contributed by atoms with Crippen molar-refractivity contribution in [1.82, 2.24) is 9.80 Å². The lowest BCUT2D eigenvalue weighted by atomic mass is 10.2. The normalized spacial score (nSPS) is 21.5. The van der Waals surface area contributed by atoms with Crippen LogP contribution in [0.2, 0.25) is 0 Å². The highest BCUT2D eigenvalue weighted by atomic mass is 32.1. The summed E-state index contributed by atoms with van der Waals surface area (Å²) >= 11 is 1.79. The lowest BCUT2D eigenvalue weighted by molar-refractivity contribution is -0.136. The fourth-order valence-electron chi connectivity index (χ4n) is 3.57. The lowest BCUT2D eigenvalue weighted by Crippen LogP contribution is -2.49. The Bertz CT molecular complexity index is 773.